The number of para-hydroxylation sites is 1. The molecule has 0 spiro atoms. The topological polar surface area (TPSA) is 112 Å². The van der Waals surface area contributed by atoms with Gasteiger partial charge in [-0.15, -0.1) is 0 Å². The van der Waals surface area contributed by atoms with Crippen LogP contribution in [0.4, 0.5) is 5.69 Å². The number of amides is 2. The molecule has 0 aliphatic carbocycles. The van der Waals surface area contributed by atoms with Crippen LogP contribution in [0.5, 0.6) is 0 Å². The highest BCUT2D eigenvalue weighted by molar-refractivity contribution is 14.1. The first kappa shape index (κ1) is 16.0. The fraction of sp³-hybridized carbons (Fsp3) is 0.200. The quantitative estimate of drug-likeness (QED) is 0.418. The molecule has 0 bridgehead atoms. The molecule has 19 heavy (non-hydrogen) atoms. The maximum absolute atomic E-state index is 11.4. The smallest absolute Gasteiger partial charge is 0.274 e. The van der Waals surface area contributed by atoms with Crippen molar-refractivity contribution in [1.82, 2.24) is 0 Å². The molecule has 0 unspecified atom stereocenters. The van der Waals surface area contributed by atoms with E-state index >= 15 is 0 Å². The van der Waals surface area contributed by atoms with E-state index in [1.807, 2.05) is 18.2 Å². The van der Waals surface area contributed by atoms with Crippen LogP contribution in [0.3, 0.4) is 0 Å². The highest BCUT2D eigenvalue weighted by Crippen LogP contribution is 2.26. The zero-order chi connectivity index (χ0) is 14.6. The Labute approximate surface area is 123 Å². The van der Waals surface area contributed by atoms with Crippen molar-refractivity contribution in [2.75, 3.05) is 4.90 Å². The van der Waals surface area contributed by atoms with Gasteiger partial charge in [0.2, 0.25) is 11.8 Å². The minimum absolute atomic E-state index is 0.0980. The monoisotopic (exact) mass is 399 g/mol. The molecule has 1 fully saturated rings. The fourth-order valence-electron chi connectivity index (χ4n) is 1.48. The first-order valence-corrected chi connectivity index (χ1v) is 7.48. The van der Waals surface area contributed by atoms with Gasteiger partial charge in [-0.25, -0.2) is 4.90 Å². The molecule has 0 aromatic heterocycles. The molecule has 1 aliphatic heterocycles. The van der Waals surface area contributed by atoms with Crippen molar-refractivity contribution in [1.29, 1.82) is 0 Å². The Balaban J connectivity index is 0.000000312. The summed E-state index contributed by atoms with van der Waals surface area (Å²) in [5.74, 6) is -0.196. The summed E-state index contributed by atoms with van der Waals surface area (Å²) in [6, 6.07) is 7.39. The van der Waals surface area contributed by atoms with E-state index in [2.05, 4.69) is 22.6 Å². The summed E-state index contributed by atoms with van der Waals surface area (Å²) in [5.41, 5.74) is 0.709. The first-order chi connectivity index (χ1) is 8.70. The second-order valence-electron chi connectivity index (χ2n) is 3.52. The molecule has 2 rings (SSSR count). The molecule has 1 heterocycles. The molecular weight excluding hydrogens is 389 g/mol. The maximum atomic E-state index is 11.4. The highest BCUT2D eigenvalue weighted by atomic mass is 127. The second-order valence-corrected chi connectivity index (χ2v) is 5.58. The van der Waals surface area contributed by atoms with E-state index in [4.69, 9.17) is 17.5 Å². The number of anilines is 1. The van der Waals surface area contributed by atoms with Gasteiger partial charge in [-0.2, -0.15) is 8.42 Å². The Hall–Kier alpha value is -1.04. The SMILES string of the molecule is O=C1CCC(=O)N1c1ccccc1I.O=S(=O)(O)O. The van der Waals surface area contributed by atoms with Crippen LogP contribution in [-0.2, 0) is 20.0 Å². The molecule has 1 aromatic rings. The fourth-order valence-corrected chi connectivity index (χ4v) is 2.11. The average Bonchev–Trinajstić information content (AvgIpc) is 2.58. The third-order valence-electron chi connectivity index (χ3n) is 2.14. The van der Waals surface area contributed by atoms with Crippen LogP contribution in [0.25, 0.3) is 0 Å². The number of halogens is 1. The van der Waals surface area contributed by atoms with Gasteiger partial charge in [0.15, 0.2) is 0 Å². The van der Waals surface area contributed by atoms with Crippen molar-refractivity contribution in [2.45, 2.75) is 12.8 Å². The molecule has 1 aliphatic rings. The Morgan fingerprint density at radius 3 is 1.89 bits per heavy atom. The summed E-state index contributed by atoms with van der Waals surface area (Å²) in [5, 5.41) is 0. The van der Waals surface area contributed by atoms with E-state index in [1.54, 1.807) is 6.07 Å². The van der Waals surface area contributed by atoms with Gasteiger partial charge in [0.05, 0.1) is 5.69 Å². The molecule has 0 saturated carbocycles. The minimum Gasteiger partial charge on any atom is -0.274 e. The van der Waals surface area contributed by atoms with E-state index < -0.39 is 10.4 Å². The van der Waals surface area contributed by atoms with Gasteiger partial charge in [-0.3, -0.25) is 18.7 Å². The van der Waals surface area contributed by atoms with Crippen molar-refractivity contribution < 1.29 is 27.1 Å². The predicted octanol–water partition coefficient (Wildman–Crippen LogP) is 1.29. The summed E-state index contributed by atoms with van der Waals surface area (Å²) in [4.78, 5) is 24.2. The molecule has 0 radical (unpaired) electrons. The van der Waals surface area contributed by atoms with E-state index in [1.165, 1.54) is 4.90 Å². The van der Waals surface area contributed by atoms with Crippen molar-refractivity contribution in [3.8, 4) is 0 Å². The number of hydrogen-bond donors (Lipinski definition) is 2. The van der Waals surface area contributed by atoms with Gasteiger partial charge < -0.3 is 0 Å². The zero-order valence-corrected chi connectivity index (χ0v) is 12.5. The third kappa shape index (κ3) is 5.22. The lowest BCUT2D eigenvalue weighted by atomic mass is 10.3. The van der Waals surface area contributed by atoms with Crippen LogP contribution < -0.4 is 4.90 Å². The molecule has 104 valence electrons. The van der Waals surface area contributed by atoms with Crippen LogP contribution in [0, 0.1) is 3.57 Å². The normalized spacial score (nSPS) is 15.2. The molecule has 1 aromatic carbocycles. The van der Waals surface area contributed by atoms with Crippen LogP contribution in [-0.4, -0.2) is 29.3 Å². The predicted molar refractivity (Wildman–Crippen MR) is 75.1 cm³/mol. The number of hydrogen-bond acceptors (Lipinski definition) is 4. The Kier molecular flexibility index (Phi) is 5.40. The Morgan fingerprint density at radius 2 is 1.47 bits per heavy atom. The molecule has 9 heteroatoms. The Morgan fingerprint density at radius 1 is 1.05 bits per heavy atom. The van der Waals surface area contributed by atoms with E-state index in [0.29, 0.717) is 18.5 Å². The van der Waals surface area contributed by atoms with Crippen molar-refractivity contribution in [3.63, 3.8) is 0 Å². The van der Waals surface area contributed by atoms with Crippen molar-refractivity contribution >= 4 is 50.5 Å². The largest absolute Gasteiger partial charge is 0.394 e. The number of benzene rings is 1. The number of rotatable bonds is 1. The average molecular weight is 399 g/mol. The lowest BCUT2D eigenvalue weighted by Crippen LogP contribution is -2.29. The van der Waals surface area contributed by atoms with Gasteiger partial charge in [-0.1, -0.05) is 12.1 Å². The lowest BCUT2D eigenvalue weighted by molar-refractivity contribution is -0.121. The van der Waals surface area contributed by atoms with E-state index in [-0.39, 0.29) is 11.8 Å². The number of carbonyl (C=O) groups is 2. The van der Waals surface area contributed by atoms with Crippen molar-refractivity contribution in [2.24, 2.45) is 0 Å². The van der Waals surface area contributed by atoms with Crippen molar-refractivity contribution in [3.05, 3.63) is 27.8 Å². The second kappa shape index (κ2) is 6.41. The molecule has 0 atom stereocenters. The molecule has 2 N–H and O–H groups in total. The summed E-state index contributed by atoms with van der Waals surface area (Å²) < 4.78 is 32.5. The van der Waals surface area contributed by atoms with Crippen LogP contribution >= 0.6 is 22.6 Å². The number of imide groups is 1. The Bertz CT molecular complexity index is 576. The number of carbonyl (C=O) groups excluding carboxylic acids is 2. The van der Waals surface area contributed by atoms with E-state index in [9.17, 15) is 9.59 Å². The van der Waals surface area contributed by atoms with Crippen LogP contribution in [0.15, 0.2) is 24.3 Å². The summed E-state index contributed by atoms with van der Waals surface area (Å²) >= 11 is 2.12. The first-order valence-electron chi connectivity index (χ1n) is 5.00. The molecule has 2 amide bonds. The minimum atomic E-state index is -4.67. The molecule has 7 nitrogen and oxygen atoms in total. The van der Waals surface area contributed by atoms with Gasteiger partial charge >= 0.3 is 10.4 Å². The van der Waals surface area contributed by atoms with Gasteiger partial charge in [0, 0.05) is 16.4 Å². The zero-order valence-electron chi connectivity index (χ0n) is 9.48. The number of nitrogens with zero attached hydrogens (tertiary/aromatic N) is 1. The van der Waals surface area contributed by atoms with Crippen LogP contribution in [0.1, 0.15) is 12.8 Å². The summed E-state index contributed by atoms with van der Waals surface area (Å²) in [6.07, 6.45) is 0.674. The summed E-state index contributed by atoms with van der Waals surface area (Å²) in [6.45, 7) is 0. The lowest BCUT2D eigenvalue weighted by Gasteiger charge is -2.14. The van der Waals surface area contributed by atoms with Gasteiger partial charge in [0.1, 0.15) is 0 Å². The third-order valence-corrected chi connectivity index (χ3v) is 3.06. The van der Waals surface area contributed by atoms with Gasteiger partial charge in [0.25, 0.3) is 0 Å². The molecular formula is C10H10INO6S. The maximum Gasteiger partial charge on any atom is 0.394 e. The standard InChI is InChI=1S/C10H8INO2.H2O4S/c11-7-3-1-2-4-8(7)12-9(13)5-6-10(12)14;1-5(2,3)4/h1-4H,5-6H2;(H2,1,2,3,4). The van der Waals surface area contributed by atoms with Crippen LogP contribution in [0.2, 0.25) is 0 Å². The van der Waals surface area contributed by atoms with E-state index in [0.717, 1.165) is 3.57 Å². The summed E-state index contributed by atoms with van der Waals surface area (Å²) in [7, 11) is -4.67. The highest BCUT2D eigenvalue weighted by Gasteiger charge is 2.31. The molecule has 1 saturated heterocycles. The van der Waals surface area contributed by atoms with Gasteiger partial charge in [-0.05, 0) is 34.7 Å².